The Morgan fingerprint density at radius 2 is 2.00 bits per heavy atom. The molecule has 0 aromatic carbocycles. The van der Waals surface area contributed by atoms with Gasteiger partial charge in [-0.2, -0.15) is 0 Å². The van der Waals surface area contributed by atoms with Crippen LogP contribution in [0.25, 0.3) is 0 Å². The minimum absolute atomic E-state index is 0.111. The van der Waals surface area contributed by atoms with Gasteiger partial charge in [0.15, 0.2) is 0 Å². The topological polar surface area (TPSA) is 35.5 Å². The quantitative estimate of drug-likeness (QED) is 0.486. The summed E-state index contributed by atoms with van der Waals surface area (Å²) in [5.41, 5.74) is 0. The molecule has 0 bridgehead atoms. The number of allylic oxidation sites excluding steroid dienone is 1. The van der Waals surface area contributed by atoms with E-state index in [0.717, 1.165) is 0 Å². The Morgan fingerprint density at radius 3 is 2.29 bits per heavy atom. The summed E-state index contributed by atoms with van der Waals surface area (Å²) in [6.45, 7) is 7.67. The van der Waals surface area contributed by atoms with Crippen molar-refractivity contribution < 1.29 is 14.3 Å². The number of rotatable bonds is 6. The van der Waals surface area contributed by atoms with Crippen LogP contribution in [0.1, 0.15) is 20.3 Å². The lowest BCUT2D eigenvalue weighted by Crippen LogP contribution is -2.34. The molecule has 82 valence electrons. The van der Waals surface area contributed by atoms with E-state index >= 15 is 0 Å². The van der Waals surface area contributed by atoms with E-state index in [9.17, 15) is 4.79 Å². The molecule has 14 heavy (non-hydrogen) atoms. The average Bonchev–Trinajstić information content (AvgIpc) is 2.16. The molecule has 0 fully saturated rings. The van der Waals surface area contributed by atoms with Crippen LogP contribution in [0.4, 0.5) is 0 Å². The van der Waals surface area contributed by atoms with E-state index in [-0.39, 0.29) is 23.9 Å². The van der Waals surface area contributed by atoms with Crippen molar-refractivity contribution >= 4 is 5.97 Å². The van der Waals surface area contributed by atoms with Gasteiger partial charge in [0.2, 0.25) is 0 Å². The normalized spacial score (nSPS) is 14.9. The molecule has 0 aromatic rings. The maximum atomic E-state index is 11.5. The minimum atomic E-state index is -0.248. The summed E-state index contributed by atoms with van der Waals surface area (Å²) < 4.78 is 10.0. The van der Waals surface area contributed by atoms with E-state index in [1.54, 1.807) is 13.2 Å². The molecule has 0 aromatic heterocycles. The van der Waals surface area contributed by atoms with Gasteiger partial charge >= 0.3 is 5.97 Å². The molecule has 0 radical (unpaired) electrons. The summed E-state index contributed by atoms with van der Waals surface area (Å²) >= 11 is 0. The Bertz CT molecular complexity index is 187. The Hall–Kier alpha value is -0.830. The van der Waals surface area contributed by atoms with Gasteiger partial charge in [0.05, 0.1) is 19.1 Å². The first kappa shape index (κ1) is 13.2. The maximum Gasteiger partial charge on any atom is 0.311 e. The lowest BCUT2D eigenvalue weighted by molar-refractivity contribution is -0.151. The predicted molar refractivity (Wildman–Crippen MR) is 56.0 cm³/mol. The first-order chi connectivity index (χ1) is 6.58. The molecule has 3 heteroatoms. The van der Waals surface area contributed by atoms with Crippen LogP contribution >= 0.6 is 0 Å². The third kappa shape index (κ3) is 3.50. The number of hydrogen-bond acceptors (Lipinski definition) is 3. The SMILES string of the molecule is C=CC[C@@H](C(=O)OC)[C@H](OC)C(C)C. The Balaban J connectivity index is 4.58. The molecule has 0 aliphatic carbocycles. The van der Waals surface area contributed by atoms with Gasteiger partial charge in [0.25, 0.3) is 0 Å². The fourth-order valence-electron chi connectivity index (χ4n) is 1.60. The first-order valence-electron chi connectivity index (χ1n) is 4.80. The number of carbonyl (C=O) groups excluding carboxylic acids is 1. The molecular weight excluding hydrogens is 180 g/mol. The van der Waals surface area contributed by atoms with Gasteiger partial charge in [-0.25, -0.2) is 0 Å². The van der Waals surface area contributed by atoms with Crippen LogP contribution in [0.3, 0.4) is 0 Å². The molecule has 0 saturated carbocycles. The van der Waals surface area contributed by atoms with Crippen LogP contribution in [0.2, 0.25) is 0 Å². The Morgan fingerprint density at radius 1 is 1.43 bits per heavy atom. The first-order valence-corrected chi connectivity index (χ1v) is 4.80. The van der Waals surface area contributed by atoms with Gasteiger partial charge in [0, 0.05) is 7.11 Å². The highest BCUT2D eigenvalue weighted by Gasteiger charge is 2.30. The summed E-state index contributed by atoms with van der Waals surface area (Å²) in [5, 5.41) is 0. The monoisotopic (exact) mass is 200 g/mol. The molecule has 0 heterocycles. The third-order valence-electron chi connectivity index (χ3n) is 2.25. The number of methoxy groups -OCH3 is 2. The smallest absolute Gasteiger partial charge is 0.311 e. The summed E-state index contributed by atoms with van der Waals surface area (Å²) in [6.07, 6.45) is 2.19. The zero-order chi connectivity index (χ0) is 11.1. The fraction of sp³-hybridized carbons (Fsp3) is 0.727. The molecule has 0 rings (SSSR count). The predicted octanol–water partition coefficient (Wildman–Crippen LogP) is 2.02. The van der Waals surface area contributed by atoms with E-state index in [4.69, 9.17) is 9.47 Å². The lowest BCUT2D eigenvalue weighted by atomic mass is 9.90. The van der Waals surface area contributed by atoms with Crippen molar-refractivity contribution in [2.45, 2.75) is 26.4 Å². The molecule has 0 spiro atoms. The summed E-state index contributed by atoms with van der Waals surface area (Å²) in [6, 6.07) is 0. The Kier molecular flexibility index (Phi) is 6.21. The summed E-state index contributed by atoms with van der Waals surface area (Å²) in [7, 11) is 3.01. The standard InChI is InChI=1S/C11H20O3/c1-6-7-9(11(12)14-5)10(13-4)8(2)3/h6,8-10H,1,7H2,2-5H3/t9-,10-/m1/s1. The molecule has 0 unspecified atom stereocenters. The second-order valence-electron chi connectivity index (χ2n) is 3.60. The van der Waals surface area contributed by atoms with E-state index in [0.29, 0.717) is 6.42 Å². The largest absolute Gasteiger partial charge is 0.469 e. The molecule has 0 aliphatic rings. The Labute approximate surface area is 86.1 Å². The van der Waals surface area contributed by atoms with Gasteiger partial charge in [-0.3, -0.25) is 4.79 Å². The molecule has 0 aliphatic heterocycles. The van der Waals surface area contributed by atoms with Crippen LogP contribution in [0.15, 0.2) is 12.7 Å². The van der Waals surface area contributed by atoms with Crippen LogP contribution in [-0.4, -0.2) is 26.3 Å². The number of esters is 1. The highest BCUT2D eigenvalue weighted by Crippen LogP contribution is 2.21. The van der Waals surface area contributed by atoms with E-state index in [1.807, 2.05) is 13.8 Å². The zero-order valence-corrected chi connectivity index (χ0v) is 9.45. The van der Waals surface area contributed by atoms with Crippen molar-refractivity contribution in [2.75, 3.05) is 14.2 Å². The van der Waals surface area contributed by atoms with Gasteiger partial charge in [-0.1, -0.05) is 19.9 Å². The van der Waals surface area contributed by atoms with Crippen molar-refractivity contribution in [3.63, 3.8) is 0 Å². The van der Waals surface area contributed by atoms with Crippen molar-refractivity contribution in [1.82, 2.24) is 0 Å². The van der Waals surface area contributed by atoms with Crippen molar-refractivity contribution in [3.05, 3.63) is 12.7 Å². The van der Waals surface area contributed by atoms with Gasteiger partial charge < -0.3 is 9.47 Å². The van der Waals surface area contributed by atoms with E-state index in [2.05, 4.69) is 6.58 Å². The van der Waals surface area contributed by atoms with Gasteiger partial charge in [-0.15, -0.1) is 6.58 Å². The van der Waals surface area contributed by atoms with E-state index < -0.39 is 0 Å². The van der Waals surface area contributed by atoms with E-state index in [1.165, 1.54) is 7.11 Å². The second kappa shape index (κ2) is 6.60. The van der Waals surface area contributed by atoms with Gasteiger partial charge in [-0.05, 0) is 12.3 Å². The maximum absolute atomic E-state index is 11.5. The molecule has 0 saturated heterocycles. The summed E-state index contributed by atoms with van der Waals surface area (Å²) in [4.78, 5) is 11.5. The number of ether oxygens (including phenoxy) is 2. The van der Waals surface area contributed by atoms with Crippen LogP contribution in [-0.2, 0) is 14.3 Å². The van der Waals surface area contributed by atoms with Crippen LogP contribution in [0, 0.1) is 11.8 Å². The zero-order valence-electron chi connectivity index (χ0n) is 9.45. The molecule has 0 amide bonds. The third-order valence-corrected chi connectivity index (χ3v) is 2.25. The van der Waals surface area contributed by atoms with Crippen LogP contribution < -0.4 is 0 Å². The van der Waals surface area contributed by atoms with Crippen LogP contribution in [0.5, 0.6) is 0 Å². The lowest BCUT2D eigenvalue weighted by Gasteiger charge is -2.26. The van der Waals surface area contributed by atoms with Crippen molar-refractivity contribution in [2.24, 2.45) is 11.8 Å². The van der Waals surface area contributed by atoms with Crippen molar-refractivity contribution in [3.8, 4) is 0 Å². The molecule has 3 nitrogen and oxygen atoms in total. The fourth-order valence-corrected chi connectivity index (χ4v) is 1.60. The number of carbonyl (C=O) groups is 1. The van der Waals surface area contributed by atoms with Crippen molar-refractivity contribution in [1.29, 1.82) is 0 Å². The molecular formula is C11H20O3. The highest BCUT2D eigenvalue weighted by molar-refractivity contribution is 5.73. The summed E-state index contributed by atoms with van der Waals surface area (Å²) in [5.74, 6) is -0.197. The number of hydrogen-bond donors (Lipinski definition) is 0. The average molecular weight is 200 g/mol. The van der Waals surface area contributed by atoms with Gasteiger partial charge in [0.1, 0.15) is 0 Å². The highest BCUT2D eigenvalue weighted by atomic mass is 16.5. The molecule has 0 N–H and O–H groups in total. The molecule has 2 atom stereocenters. The second-order valence-corrected chi connectivity index (χ2v) is 3.60. The minimum Gasteiger partial charge on any atom is -0.469 e.